The van der Waals surface area contributed by atoms with Crippen LogP contribution in [0.3, 0.4) is 0 Å². The zero-order valence-corrected chi connectivity index (χ0v) is 10.5. The van der Waals surface area contributed by atoms with Crippen LogP contribution in [0, 0.1) is 6.20 Å². The van der Waals surface area contributed by atoms with Crippen molar-refractivity contribution in [3.63, 3.8) is 0 Å². The summed E-state index contributed by atoms with van der Waals surface area (Å²) >= 11 is 5.92. The number of nitrogens with zero attached hydrogens (tertiary/aromatic N) is 3. The summed E-state index contributed by atoms with van der Waals surface area (Å²) < 4.78 is 24.4. The highest BCUT2D eigenvalue weighted by Crippen LogP contribution is 2.17. The molecule has 0 saturated heterocycles. The van der Waals surface area contributed by atoms with Gasteiger partial charge in [0.1, 0.15) is 0 Å². The monoisotopic (exact) mass is 270 g/mol. The summed E-state index contributed by atoms with van der Waals surface area (Å²) in [7, 11) is -3.33. The van der Waals surface area contributed by atoms with Gasteiger partial charge in [-0.15, -0.1) is 0 Å². The maximum atomic E-state index is 11.6. The van der Waals surface area contributed by atoms with E-state index in [0.717, 1.165) is 0 Å². The second-order valence-electron chi connectivity index (χ2n) is 3.24. The lowest BCUT2D eigenvalue weighted by molar-refractivity contribution is 0.591. The number of hydrogen-bond acceptors (Lipinski definition) is 4. The zero-order chi connectivity index (χ0) is 12.5. The van der Waals surface area contributed by atoms with Gasteiger partial charge in [-0.3, -0.25) is 0 Å². The molecule has 7 heteroatoms. The molecular formula is C10H9ClN3O2S. The number of halogens is 1. The largest absolute Gasteiger partial charge is 0.236 e. The van der Waals surface area contributed by atoms with Crippen molar-refractivity contribution in [1.82, 2.24) is 14.8 Å². The summed E-state index contributed by atoms with van der Waals surface area (Å²) in [5, 5.41) is 4.27. The SMILES string of the molecule is CCS(=O)(=O)c1c[c]n(-c2ncccc2Cl)n1. The molecule has 0 aliphatic carbocycles. The van der Waals surface area contributed by atoms with E-state index >= 15 is 0 Å². The average molecular weight is 271 g/mol. The van der Waals surface area contributed by atoms with Gasteiger partial charge in [0.2, 0.25) is 0 Å². The van der Waals surface area contributed by atoms with E-state index in [1.807, 2.05) is 0 Å². The van der Waals surface area contributed by atoms with Crippen molar-refractivity contribution in [3.05, 3.63) is 35.6 Å². The van der Waals surface area contributed by atoms with E-state index in [4.69, 9.17) is 11.6 Å². The fourth-order valence-electron chi connectivity index (χ4n) is 1.21. The first-order chi connectivity index (χ1) is 8.04. The lowest BCUT2D eigenvalue weighted by Gasteiger charge is -2.01. The highest BCUT2D eigenvalue weighted by atomic mass is 35.5. The topological polar surface area (TPSA) is 64.8 Å². The molecule has 0 bridgehead atoms. The van der Waals surface area contributed by atoms with Gasteiger partial charge in [0, 0.05) is 12.3 Å². The summed E-state index contributed by atoms with van der Waals surface area (Å²) in [6, 6.07) is 4.64. The van der Waals surface area contributed by atoms with Crippen LogP contribution in [0.5, 0.6) is 0 Å². The lowest BCUT2D eigenvalue weighted by atomic mass is 10.4. The third-order valence-corrected chi connectivity index (χ3v) is 4.04. The van der Waals surface area contributed by atoms with E-state index in [1.165, 1.54) is 10.7 Å². The van der Waals surface area contributed by atoms with Gasteiger partial charge in [0.15, 0.2) is 20.7 Å². The van der Waals surface area contributed by atoms with E-state index in [2.05, 4.69) is 16.3 Å². The Balaban J connectivity index is 2.48. The highest BCUT2D eigenvalue weighted by Gasteiger charge is 2.16. The van der Waals surface area contributed by atoms with E-state index in [0.29, 0.717) is 10.8 Å². The standard InChI is InChI=1S/C10H9ClN3O2S/c1-2-17(15,16)9-5-7-14(13-9)10-8(11)4-3-6-12-10/h3-6H,2H2,1H3. The molecule has 2 rings (SSSR count). The van der Waals surface area contributed by atoms with Crippen molar-refractivity contribution >= 4 is 21.4 Å². The molecule has 0 aliphatic rings. The minimum Gasteiger partial charge on any atom is -0.236 e. The summed E-state index contributed by atoms with van der Waals surface area (Å²) in [6.07, 6.45) is 4.23. The molecule has 0 unspecified atom stereocenters. The fraction of sp³-hybridized carbons (Fsp3) is 0.200. The van der Waals surface area contributed by atoms with Gasteiger partial charge >= 0.3 is 0 Å². The number of hydrogen-bond donors (Lipinski definition) is 0. The van der Waals surface area contributed by atoms with Gasteiger partial charge in [0.05, 0.1) is 17.0 Å². The second kappa shape index (κ2) is 4.46. The molecule has 0 fully saturated rings. The number of rotatable bonds is 3. The van der Waals surface area contributed by atoms with Crippen LogP contribution in [-0.2, 0) is 9.84 Å². The number of aromatic nitrogens is 3. The van der Waals surface area contributed by atoms with Crippen LogP contribution < -0.4 is 0 Å². The molecule has 0 saturated carbocycles. The molecular weight excluding hydrogens is 262 g/mol. The molecule has 0 aliphatic heterocycles. The molecule has 2 aromatic rings. The molecule has 2 aromatic heterocycles. The van der Waals surface area contributed by atoms with Gasteiger partial charge in [-0.25, -0.2) is 18.1 Å². The normalized spacial score (nSPS) is 11.6. The Hall–Kier alpha value is -1.40. The molecule has 0 N–H and O–H groups in total. The third-order valence-electron chi connectivity index (χ3n) is 2.15. The van der Waals surface area contributed by atoms with Crippen molar-refractivity contribution in [1.29, 1.82) is 0 Å². The molecule has 1 radical (unpaired) electrons. The first-order valence-corrected chi connectivity index (χ1v) is 6.89. The van der Waals surface area contributed by atoms with Crippen molar-refractivity contribution < 1.29 is 8.42 Å². The van der Waals surface area contributed by atoms with E-state index in [9.17, 15) is 8.42 Å². The molecule has 0 amide bonds. The van der Waals surface area contributed by atoms with E-state index in [1.54, 1.807) is 25.3 Å². The second-order valence-corrected chi connectivity index (χ2v) is 5.87. The summed E-state index contributed by atoms with van der Waals surface area (Å²) in [5.74, 6) is 0.347. The molecule has 2 heterocycles. The van der Waals surface area contributed by atoms with Crippen LogP contribution in [0.1, 0.15) is 6.92 Å². The van der Waals surface area contributed by atoms with Crippen LogP contribution in [0.4, 0.5) is 0 Å². The minimum atomic E-state index is -3.33. The van der Waals surface area contributed by atoms with Crippen molar-refractivity contribution in [3.8, 4) is 5.82 Å². The molecule has 89 valence electrons. The Morgan fingerprint density at radius 1 is 1.53 bits per heavy atom. The van der Waals surface area contributed by atoms with Gasteiger partial charge < -0.3 is 0 Å². The molecule has 5 nitrogen and oxygen atoms in total. The minimum absolute atomic E-state index is 0.00615. The quantitative estimate of drug-likeness (QED) is 0.848. The first-order valence-electron chi connectivity index (χ1n) is 4.86. The zero-order valence-electron chi connectivity index (χ0n) is 8.96. The summed E-state index contributed by atoms with van der Waals surface area (Å²) in [4.78, 5) is 4.01. The van der Waals surface area contributed by atoms with Crippen LogP contribution >= 0.6 is 11.6 Å². The lowest BCUT2D eigenvalue weighted by Crippen LogP contribution is -2.06. The van der Waals surface area contributed by atoms with Gasteiger partial charge in [-0.05, 0) is 12.1 Å². The smallest absolute Gasteiger partial charge is 0.197 e. The molecule has 17 heavy (non-hydrogen) atoms. The van der Waals surface area contributed by atoms with Gasteiger partial charge in [-0.2, -0.15) is 5.10 Å². The van der Waals surface area contributed by atoms with Crippen LogP contribution in [0.2, 0.25) is 5.02 Å². The van der Waals surface area contributed by atoms with E-state index in [-0.39, 0.29) is 10.8 Å². The molecule has 0 atom stereocenters. The summed E-state index contributed by atoms with van der Waals surface area (Å²) in [5.41, 5.74) is 0. The fourth-order valence-corrected chi connectivity index (χ4v) is 2.15. The Bertz CT molecular complexity index is 637. The summed E-state index contributed by atoms with van der Waals surface area (Å²) in [6.45, 7) is 1.56. The number of sulfone groups is 1. The Kier molecular flexibility index (Phi) is 3.17. The van der Waals surface area contributed by atoms with Gasteiger partial charge in [0.25, 0.3) is 0 Å². The van der Waals surface area contributed by atoms with Crippen LogP contribution in [-0.4, -0.2) is 28.9 Å². The van der Waals surface area contributed by atoms with Crippen molar-refractivity contribution in [2.75, 3.05) is 5.75 Å². The Morgan fingerprint density at radius 3 is 2.94 bits per heavy atom. The third kappa shape index (κ3) is 2.32. The van der Waals surface area contributed by atoms with Crippen molar-refractivity contribution in [2.45, 2.75) is 11.9 Å². The first kappa shape index (κ1) is 12.1. The highest BCUT2D eigenvalue weighted by molar-refractivity contribution is 7.91. The predicted molar refractivity (Wildman–Crippen MR) is 62.9 cm³/mol. The molecule has 0 spiro atoms. The number of pyridine rings is 1. The van der Waals surface area contributed by atoms with Gasteiger partial charge in [-0.1, -0.05) is 18.5 Å². The maximum Gasteiger partial charge on any atom is 0.197 e. The molecule has 0 aromatic carbocycles. The maximum absolute atomic E-state index is 11.6. The van der Waals surface area contributed by atoms with E-state index < -0.39 is 9.84 Å². The van der Waals surface area contributed by atoms with Crippen LogP contribution in [0.25, 0.3) is 5.82 Å². The van der Waals surface area contributed by atoms with Crippen LogP contribution in [0.15, 0.2) is 29.4 Å². The Labute approximate surface area is 104 Å². The average Bonchev–Trinajstić information content (AvgIpc) is 2.79. The van der Waals surface area contributed by atoms with Crippen molar-refractivity contribution in [2.24, 2.45) is 0 Å². The predicted octanol–water partition coefficient (Wildman–Crippen LogP) is 1.51. The Morgan fingerprint density at radius 2 is 2.29 bits per heavy atom.